The Hall–Kier alpha value is -1.81. The maximum Gasteiger partial charge on any atom is 0.337 e. The molecule has 0 radical (unpaired) electrons. The molecule has 0 aliphatic carbocycles. The van der Waals surface area contributed by atoms with E-state index in [4.69, 9.17) is 0 Å². The van der Waals surface area contributed by atoms with Gasteiger partial charge in [0.1, 0.15) is 10.8 Å². The Bertz CT molecular complexity index is 891. The molecule has 0 unspecified atom stereocenters. The van der Waals surface area contributed by atoms with Crippen molar-refractivity contribution in [3.63, 3.8) is 0 Å². The standard InChI is InChI=1S/C17H21N3O4S2/c1-20-8-7-14-15(10-20)25-16(19-14)11-26(22,23)18-9-12-3-5-13(6-4-12)17(21)24-2/h3-6,18H,7-11H2,1-2H3. The first-order chi connectivity index (χ1) is 12.4. The molecule has 2 aromatic rings. The van der Waals surface area contributed by atoms with Gasteiger partial charge in [-0.2, -0.15) is 0 Å². The second kappa shape index (κ2) is 7.83. The number of nitrogens with one attached hydrogen (secondary N) is 1. The normalized spacial score (nSPS) is 14.8. The van der Waals surface area contributed by atoms with Gasteiger partial charge in [-0.05, 0) is 24.7 Å². The summed E-state index contributed by atoms with van der Waals surface area (Å²) in [6.45, 7) is 1.94. The zero-order valence-corrected chi connectivity index (χ0v) is 16.3. The fourth-order valence-corrected chi connectivity index (χ4v) is 5.29. The van der Waals surface area contributed by atoms with Gasteiger partial charge < -0.3 is 9.64 Å². The topological polar surface area (TPSA) is 88.6 Å². The number of hydrogen-bond acceptors (Lipinski definition) is 7. The van der Waals surface area contributed by atoms with Crippen molar-refractivity contribution < 1.29 is 17.9 Å². The van der Waals surface area contributed by atoms with Crippen molar-refractivity contribution in [2.45, 2.75) is 25.3 Å². The molecule has 7 nitrogen and oxygen atoms in total. The van der Waals surface area contributed by atoms with E-state index in [1.165, 1.54) is 18.4 Å². The number of aromatic nitrogens is 1. The van der Waals surface area contributed by atoms with Gasteiger partial charge in [0.2, 0.25) is 10.0 Å². The van der Waals surface area contributed by atoms with Crippen LogP contribution in [0.2, 0.25) is 0 Å². The van der Waals surface area contributed by atoms with Crippen LogP contribution in [0, 0.1) is 0 Å². The fourth-order valence-electron chi connectivity index (χ4n) is 2.72. The Morgan fingerprint density at radius 1 is 1.35 bits per heavy atom. The van der Waals surface area contributed by atoms with Crippen LogP contribution in [0.4, 0.5) is 0 Å². The quantitative estimate of drug-likeness (QED) is 0.747. The van der Waals surface area contributed by atoms with E-state index in [1.807, 2.05) is 7.05 Å². The lowest BCUT2D eigenvalue weighted by atomic mass is 10.1. The van der Waals surface area contributed by atoms with Crippen molar-refractivity contribution in [3.8, 4) is 0 Å². The summed E-state index contributed by atoms with van der Waals surface area (Å²) in [5.41, 5.74) is 2.22. The van der Waals surface area contributed by atoms with E-state index in [0.29, 0.717) is 10.6 Å². The molecule has 2 heterocycles. The highest BCUT2D eigenvalue weighted by Gasteiger charge is 2.21. The third-order valence-electron chi connectivity index (χ3n) is 4.15. The first-order valence-corrected chi connectivity index (χ1v) is 10.6. The summed E-state index contributed by atoms with van der Waals surface area (Å²) in [6, 6.07) is 6.63. The third kappa shape index (κ3) is 4.67. The Balaban J connectivity index is 1.60. The van der Waals surface area contributed by atoms with E-state index in [0.717, 1.165) is 35.6 Å². The lowest BCUT2D eigenvalue weighted by Gasteiger charge is -2.20. The highest BCUT2D eigenvalue weighted by atomic mass is 32.2. The zero-order valence-electron chi connectivity index (χ0n) is 14.7. The molecule has 3 rings (SSSR count). The van der Waals surface area contributed by atoms with E-state index < -0.39 is 16.0 Å². The number of carbonyl (C=O) groups is 1. The molecule has 0 fully saturated rings. The summed E-state index contributed by atoms with van der Waals surface area (Å²) in [5.74, 6) is -0.537. The van der Waals surface area contributed by atoms with Gasteiger partial charge in [-0.3, -0.25) is 0 Å². The summed E-state index contributed by atoms with van der Waals surface area (Å²) in [5, 5.41) is 0.624. The lowest BCUT2D eigenvalue weighted by Crippen LogP contribution is -2.25. The number of benzene rings is 1. The molecule has 1 N–H and O–H groups in total. The number of fused-ring (bicyclic) bond motifs is 1. The predicted octanol–water partition coefficient (Wildman–Crippen LogP) is 1.54. The number of thiazole rings is 1. The molecule has 0 amide bonds. The van der Waals surface area contributed by atoms with Crippen molar-refractivity contribution in [3.05, 3.63) is 51.0 Å². The minimum Gasteiger partial charge on any atom is -0.465 e. The van der Waals surface area contributed by atoms with Gasteiger partial charge in [-0.15, -0.1) is 11.3 Å². The average molecular weight is 396 g/mol. The molecule has 0 spiro atoms. The smallest absolute Gasteiger partial charge is 0.337 e. The second-order valence-corrected chi connectivity index (χ2v) is 9.21. The Morgan fingerprint density at radius 3 is 2.77 bits per heavy atom. The van der Waals surface area contributed by atoms with E-state index in [9.17, 15) is 13.2 Å². The van der Waals surface area contributed by atoms with Gasteiger partial charge >= 0.3 is 5.97 Å². The van der Waals surface area contributed by atoms with Gasteiger partial charge in [-0.25, -0.2) is 22.9 Å². The first kappa shape index (κ1) is 19.0. The monoisotopic (exact) mass is 395 g/mol. The molecule has 0 atom stereocenters. The SMILES string of the molecule is COC(=O)c1ccc(CNS(=O)(=O)Cc2nc3c(s2)CN(C)CC3)cc1. The minimum atomic E-state index is -3.48. The van der Waals surface area contributed by atoms with Crippen molar-refractivity contribution in [1.82, 2.24) is 14.6 Å². The van der Waals surface area contributed by atoms with Crippen LogP contribution in [0.5, 0.6) is 0 Å². The van der Waals surface area contributed by atoms with Crippen LogP contribution >= 0.6 is 11.3 Å². The summed E-state index contributed by atoms with van der Waals surface area (Å²) in [4.78, 5) is 19.3. The molecule has 140 valence electrons. The van der Waals surface area contributed by atoms with Crippen molar-refractivity contribution in [1.29, 1.82) is 0 Å². The molecule has 0 saturated carbocycles. The third-order valence-corrected chi connectivity index (χ3v) is 6.65. The number of nitrogens with zero attached hydrogens (tertiary/aromatic N) is 2. The summed E-state index contributed by atoms with van der Waals surface area (Å²) < 4.78 is 31.9. The highest BCUT2D eigenvalue weighted by Crippen LogP contribution is 2.25. The molecule has 9 heteroatoms. The Kier molecular flexibility index (Phi) is 5.71. The number of ether oxygens (including phenoxy) is 1. The summed E-state index contributed by atoms with van der Waals surface area (Å²) >= 11 is 1.47. The van der Waals surface area contributed by atoms with Crippen molar-refractivity contribution in [2.75, 3.05) is 20.7 Å². The van der Waals surface area contributed by atoms with Gasteiger partial charge in [0, 0.05) is 30.9 Å². The number of esters is 1. The van der Waals surface area contributed by atoms with E-state index in [2.05, 4.69) is 19.3 Å². The number of methoxy groups -OCH3 is 1. The molecule has 0 bridgehead atoms. The number of carbonyl (C=O) groups excluding carboxylic acids is 1. The Morgan fingerprint density at radius 2 is 2.08 bits per heavy atom. The van der Waals surface area contributed by atoms with Crippen molar-refractivity contribution in [2.24, 2.45) is 0 Å². The van der Waals surface area contributed by atoms with Gasteiger partial charge in [0.15, 0.2) is 0 Å². The van der Waals surface area contributed by atoms with Gasteiger partial charge in [0.05, 0.1) is 18.4 Å². The number of hydrogen-bond donors (Lipinski definition) is 1. The average Bonchev–Trinajstić information content (AvgIpc) is 3.00. The molecule has 1 aliphatic rings. The molecule has 1 aromatic heterocycles. The largest absolute Gasteiger partial charge is 0.465 e. The molecule has 26 heavy (non-hydrogen) atoms. The van der Waals surface area contributed by atoms with Crippen LogP contribution in [-0.2, 0) is 40.0 Å². The van der Waals surface area contributed by atoms with Gasteiger partial charge in [-0.1, -0.05) is 12.1 Å². The van der Waals surface area contributed by atoms with E-state index >= 15 is 0 Å². The van der Waals surface area contributed by atoms with E-state index in [1.54, 1.807) is 24.3 Å². The fraction of sp³-hybridized carbons (Fsp3) is 0.412. The number of sulfonamides is 1. The molecular weight excluding hydrogens is 374 g/mol. The summed E-state index contributed by atoms with van der Waals surface area (Å²) in [7, 11) is -0.118. The van der Waals surface area contributed by atoms with Crippen LogP contribution in [0.15, 0.2) is 24.3 Å². The second-order valence-electron chi connectivity index (χ2n) is 6.23. The van der Waals surface area contributed by atoms with Crippen LogP contribution in [0.25, 0.3) is 0 Å². The van der Waals surface area contributed by atoms with Crippen LogP contribution in [0.3, 0.4) is 0 Å². The van der Waals surface area contributed by atoms with E-state index in [-0.39, 0.29) is 12.3 Å². The maximum absolute atomic E-state index is 12.3. The van der Waals surface area contributed by atoms with Crippen molar-refractivity contribution >= 4 is 27.3 Å². The van der Waals surface area contributed by atoms with Crippen LogP contribution < -0.4 is 4.72 Å². The number of likely N-dealkylation sites (N-methyl/N-ethyl adjacent to an activating group) is 1. The number of rotatable bonds is 6. The predicted molar refractivity (Wildman–Crippen MR) is 99.4 cm³/mol. The molecule has 1 aliphatic heterocycles. The lowest BCUT2D eigenvalue weighted by molar-refractivity contribution is 0.0600. The molecular formula is C17H21N3O4S2. The molecule has 0 saturated heterocycles. The first-order valence-electron chi connectivity index (χ1n) is 8.17. The Labute approximate surface area is 157 Å². The van der Waals surface area contributed by atoms with Crippen LogP contribution in [-0.4, -0.2) is 45.0 Å². The maximum atomic E-state index is 12.3. The summed E-state index contributed by atoms with van der Waals surface area (Å²) in [6.07, 6.45) is 0.863. The minimum absolute atomic E-state index is 0.116. The zero-order chi connectivity index (χ0) is 18.7. The highest BCUT2D eigenvalue weighted by molar-refractivity contribution is 7.88. The van der Waals surface area contributed by atoms with Crippen LogP contribution in [0.1, 0.15) is 31.5 Å². The molecule has 1 aromatic carbocycles. The van der Waals surface area contributed by atoms with Gasteiger partial charge in [0.25, 0.3) is 0 Å².